The highest BCUT2D eigenvalue weighted by molar-refractivity contribution is 5.29. The first-order valence-electron chi connectivity index (χ1n) is 7.76. The molecular formula is C17H29NO2. The minimum absolute atomic E-state index is 0.246. The van der Waals surface area contributed by atoms with Gasteiger partial charge in [-0.25, -0.2) is 0 Å². The smallest absolute Gasteiger partial charge is 0.0878 e. The predicted octanol–water partition coefficient (Wildman–Crippen LogP) is 2.73. The Morgan fingerprint density at radius 1 is 1.00 bits per heavy atom. The molecule has 0 saturated carbocycles. The van der Waals surface area contributed by atoms with Crippen LogP contribution in [0.4, 0.5) is 0 Å². The fourth-order valence-electron chi connectivity index (χ4n) is 2.38. The van der Waals surface area contributed by atoms with Gasteiger partial charge in [-0.05, 0) is 24.0 Å². The Labute approximate surface area is 122 Å². The van der Waals surface area contributed by atoms with Crippen LogP contribution in [0, 0.1) is 0 Å². The molecule has 0 heterocycles. The van der Waals surface area contributed by atoms with Gasteiger partial charge in [-0.2, -0.15) is 0 Å². The van der Waals surface area contributed by atoms with E-state index < -0.39 is 5.54 Å². The maximum atomic E-state index is 9.34. The zero-order valence-electron chi connectivity index (χ0n) is 12.6. The van der Waals surface area contributed by atoms with Gasteiger partial charge in [-0.15, -0.1) is 0 Å². The van der Waals surface area contributed by atoms with Crippen LogP contribution in [0.5, 0.6) is 0 Å². The summed E-state index contributed by atoms with van der Waals surface area (Å²) in [7, 11) is 0. The summed E-state index contributed by atoms with van der Waals surface area (Å²) >= 11 is 0. The molecule has 0 saturated heterocycles. The van der Waals surface area contributed by atoms with Crippen molar-refractivity contribution in [2.24, 2.45) is 5.73 Å². The normalized spacial score (nSPS) is 11.8. The van der Waals surface area contributed by atoms with Crippen LogP contribution in [0.15, 0.2) is 24.3 Å². The van der Waals surface area contributed by atoms with Crippen LogP contribution in [0.25, 0.3) is 0 Å². The molecule has 0 atom stereocenters. The molecule has 0 aliphatic carbocycles. The Morgan fingerprint density at radius 3 is 2.30 bits per heavy atom. The number of hydrogen-bond acceptors (Lipinski definition) is 3. The summed E-state index contributed by atoms with van der Waals surface area (Å²) in [5, 5.41) is 18.7. The second kappa shape index (κ2) is 9.11. The SMILES string of the molecule is CCCCCCCCc1cccc(C(N)(CO)CO)c1. The molecule has 3 heteroatoms. The van der Waals surface area contributed by atoms with E-state index in [4.69, 9.17) is 5.73 Å². The highest BCUT2D eigenvalue weighted by Crippen LogP contribution is 2.20. The lowest BCUT2D eigenvalue weighted by Gasteiger charge is -2.25. The lowest BCUT2D eigenvalue weighted by Crippen LogP contribution is -2.44. The minimum atomic E-state index is -1.03. The van der Waals surface area contributed by atoms with E-state index in [1.807, 2.05) is 18.2 Å². The number of nitrogens with two attached hydrogens (primary N) is 1. The van der Waals surface area contributed by atoms with Crippen LogP contribution in [-0.4, -0.2) is 23.4 Å². The second-order valence-electron chi connectivity index (χ2n) is 5.69. The summed E-state index contributed by atoms with van der Waals surface area (Å²) in [5.74, 6) is 0. The number of unbranched alkanes of at least 4 members (excludes halogenated alkanes) is 5. The molecule has 0 spiro atoms. The Hall–Kier alpha value is -0.900. The highest BCUT2D eigenvalue weighted by atomic mass is 16.3. The van der Waals surface area contributed by atoms with Crippen molar-refractivity contribution >= 4 is 0 Å². The van der Waals surface area contributed by atoms with Gasteiger partial charge >= 0.3 is 0 Å². The minimum Gasteiger partial charge on any atom is -0.394 e. The van der Waals surface area contributed by atoms with E-state index in [9.17, 15) is 10.2 Å². The van der Waals surface area contributed by atoms with Crippen molar-refractivity contribution in [1.82, 2.24) is 0 Å². The number of aliphatic hydroxyl groups excluding tert-OH is 2. The van der Waals surface area contributed by atoms with Gasteiger partial charge in [-0.3, -0.25) is 0 Å². The van der Waals surface area contributed by atoms with Crippen molar-refractivity contribution in [2.45, 2.75) is 57.4 Å². The lowest BCUT2D eigenvalue weighted by atomic mass is 9.90. The van der Waals surface area contributed by atoms with Crippen molar-refractivity contribution in [3.8, 4) is 0 Å². The van der Waals surface area contributed by atoms with E-state index in [-0.39, 0.29) is 13.2 Å². The van der Waals surface area contributed by atoms with Gasteiger partial charge in [0, 0.05) is 0 Å². The maximum Gasteiger partial charge on any atom is 0.0878 e. The van der Waals surface area contributed by atoms with Crippen molar-refractivity contribution in [3.05, 3.63) is 35.4 Å². The van der Waals surface area contributed by atoms with Gasteiger partial charge in [0.05, 0.1) is 18.8 Å². The number of rotatable bonds is 10. The molecule has 0 aliphatic heterocycles. The Bertz CT molecular complexity index is 375. The largest absolute Gasteiger partial charge is 0.394 e. The van der Waals surface area contributed by atoms with E-state index in [1.165, 1.54) is 44.1 Å². The number of benzene rings is 1. The highest BCUT2D eigenvalue weighted by Gasteiger charge is 2.25. The molecule has 1 rings (SSSR count). The van der Waals surface area contributed by atoms with Crippen LogP contribution >= 0.6 is 0 Å². The van der Waals surface area contributed by atoms with Crippen molar-refractivity contribution in [1.29, 1.82) is 0 Å². The number of aryl methyl sites for hydroxylation is 1. The fraction of sp³-hybridized carbons (Fsp3) is 0.647. The third kappa shape index (κ3) is 5.23. The molecule has 0 fully saturated rings. The third-order valence-electron chi connectivity index (χ3n) is 3.89. The molecule has 114 valence electrons. The first-order chi connectivity index (χ1) is 9.66. The fourth-order valence-corrected chi connectivity index (χ4v) is 2.38. The molecular weight excluding hydrogens is 250 g/mol. The zero-order valence-corrected chi connectivity index (χ0v) is 12.6. The molecule has 0 aromatic heterocycles. The molecule has 3 nitrogen and oxygen atoms in total. The standard InChI is InChI=1S/C17H29NO2/c1-2-3-4-5-6-7-9-15-10-8-11-16(12-15)17(18,13-19)14-20/h8,10-12,19-20H,2-7,9,13-14,18H2,1H3. The molecule has 20 heavy (non-hydrogen) atoms. The van der Waals surface area contributed by atoms with Gasteiger partial charge in [0.25, 0.3) is 0 Å². The van der Waals surface area contributed by atoms with Gasteiger partial charge in [0.1, 0.15) is 0 Å². The first-order valence-corrected chi connectivity index (χ1v) is 7.76. The maximum absolute atomic E-state index is 9.34. The summed E-state index contributed by atoms with van der Waals surface area (Å²) in [5.41, 5.74) is 7.01. The summed E-state index contributed by atoms with van der Waals surface area (Å²) in [6.07, 6.45) is 8.73. The Morgan fingerprint density at radius 2 is 1.65 bits per heavy atom. The third-order valence-corrected chi connectivity index (χ3v) is 3.89. The molecule has 0 amide bonds. The topological polar surface area (TPSA) is 66.5 Å². The van der Waals surface area contributed by atoms with Crippen LogP contribution in [0.2, 0.25) is 0 Å². The van der Waals surface area contributed by atoms with E-state index in [0.29, 0.717) is 0 Å². The van der Waals surface area contributed by atoms with Crippen molar-refractivity contribution < 1.29 is 10.2 Å². The van der Waals surface area contributed by atoms with Crippen LogP contribution in [-0.2, 0) is 12.0 Å². The zero-order chi connectivity index (χ0) is 14.8. The summed E-state index contributed by atoms with van der Waals surface area (Å²) < 4.78 is 0. The Balaban J connectivity index is 2.48. The van der Waals surface area contributed by atoms with Gasteiger partial charge < -0.3 is 15.9 Å². The van der Waals surface area contributed by atoms with E-state index in [2.05, 4.69) is 13.0 Å². The van der Waals surface area contributed by atoms with Crippen LogP contribution in [0.1, 0.15) is 56.6 Å². The van der Waals surface area contributed by atoms with Gasteiger partial charge in [0.2, 0.25) is 0 Å². The molecule has 1 aromatic rings. The molecule has 0 radical (unpaired) electrons. The molecule has 4 N–H and O–H groups in total. The Kier molecular flexibility index (Phi) is 7.82. The van der Waals surface area contributed by atoms with Crippen LogP contribution in [0.3, 0.4) is 0 Å². The molecule has 0 bridgehead atoms. The van der Waals surface area contributed by atoms with E-state index >= 15 is 0 Å². The number of aliphatic hydroxyl groups is 2. The lowest BCUT2D eigenvalue weighted by molar-refractivity contribution is 0.121. The van der Waals surface area contributed by atoms with E-state index in [1.54, 1.807) is 0 Å². The summed E-state index contributed by atoms with van der Waals surface area (Å²) in [6, 6.07) is 7.93. The quantitative estimate of drug-likeness (QED) is 0.577. The predicted molar refractivity (Wildman–Crippen MR) is 83.6 cm³/mol. The average molecular weight is 279 g/mol. The second-order valence-corrected chi connectivity index (χ2v) is 5.69. The van der Waals surface area contributed by atoms with Crippen LogP contribution < -0.4 is 5.73 Å². The summed E-state index contributed by atoms with van der Waals surface area (Å²) in [4.78, 5) is 0. The molecule has 0 aliphatic rings. The first kappa shape index (κ1) is 17.2. The van der Waals surface area contributed by atoms with Crippen molar-refractivity contribution in [2.75, 3.05) is 13.2 Å². The van der Waals surface area contributed by atoms with Gasteiger partial charge in [-0.1, -0.05) is 63.3 Å². The monoisotopic (exact) mass is 279 g/mol. The molecule has 1 aromatic carbocycles. The molecule has 0 unspecified atom stereocenters. The van der Waals surface area contributed by atoms with Gasteiger partial charge in [0.15, 0.2) is 0 Å². The summed E-state index contributed by atoms with van der Waals surface area (Å²) in [6.45, 7) is 1.74. The van der Waals surface area contributed by atoms with E-state index in [0.717, 1.165) is 12.0 Å². The number of hydrogen-bond donors (Lipinski definition) is 3. The average Bonchev–Trinajstić information content (AvgIpc) is 2.50. The van der Waals surface area contributed by atoms with Crippen molar-refractivity contribution in [3.63, 3.8) is 0 Å².